The van der Waals surface area contributed by atoms with Gasteiger partial charge in [0.25, 0.3) is 0 Å². The lowest BCUT2D eigenvalue weighted by Gasteiger charge is -2.22. The Bertz CT molecular complexity index is 757. The average Bonchev–Trinajstić information content (AvgIpc) is 3.31. The molecule has 1 aliphatic carbocycles. The van der Waals surface area contributed by atoms with E-state index < -0.39 is 0 Å². The molecule has 1 saturated heterocycles. The van der Waals surface area contributed by atoms with Gasteiger partial charge < -0.3 is 15.0 Å². The highest BCUT2D eigenvalue weighted by molar-refractivity contribution is 5.81. The van der Waals surface area contributed by atoms with Gasteiger partial charge in [-0.1, -0.05) is 42.5 Å². The minimum Gasteiger partial charge on any atom is -0.497 e. The fraction of sp³-hybridized carbons (Fsp3) is 0.409. The summed E-state index contributed by atoms with van der Waals surface area (Å²) in [7, 11) is 3.60. The van der Waals surface area contributed by atoms with Gasteiger partial charge in [-0.3, -0.25) is 4.99 Å². The minimum absolute atomic E-state index is 0.510. The van der Waals surface area contributed by atoms with Crippen LogP contribution in [0.5, 0.6) is 5.75 Å². The fourth-order valence-corrected chi connectivity index (χ4v) is 3.99. The van der Waals surface area contributed by atoms with E-state index in [0.29, 0.717) is 17.9 Å². The maximum absolute atomic E-state index is 5.27. The van der Waals surface area contributed by atoms with E-state index in [1.807, 2.05) is 7.05 Å². The fourth-order valence-electron chi connectivity index (χ4n) is 3.99. The number of nitrogens with zero attached hydrogens (tertiary/aromatic N) is 2. The Morgan fingerprint density at radius 1 is 1.08 bits per heavy atom. The van der Waals surface area contributed by atoms with Crippen LogP contribution in [0.25, 0.3) is 0 Å². The van der Waals surface area contributed by atoms with E-state index in [9.17, 15) is 0 Å². The van der Waals surface area contributed by atoms with Gasteiger partial charge in [0, 0.05) is 38.0 Å². The van der Waals surface area contributed by atoms with Gasteiger partial charge in [-0.05, 0) is 36.1 Å². The molecule has 0 bridgehead atoms. The molecule has 26 heavy (non-hydrogen) atoms. The van der Waals surface area contributed by atoms with Gasteiger partial charge in [-0.2, -0.15) is 0 Å². The smallest absolute Gasteiger partial charge is 0.193 e. The molecule has 4 rings (SSSR count). The summed E-state index contributed by atoms with van der Waals surface area (Å²) in [6.07, 6.45) is 2.36. The van der Waals surface area contributed by atoms with E-state index in [1.54, 1.807) is 7.11 Å². The maximum atomic E-state index is 5.27. The highest BCUT2D eigenvalue weighted by Gasteiger charge is 2.40. The number of methoxy groups -OCH3 is 1. The summed E-state index contributed by atoms with van der Waals surface area (Å²) in [6, 6.07) is 19.8. The van der Waals surface area contributed by atoms with Gasteiger partial charge in [0.05, 0.1) is 7.11 Å². The first-order chi connectivity index (χ1) is 12.8. The standard InChI is InChI=1S/C22H27N3O/c1-23-22(24-21-14-20(21)17-6-4-3-5-7-17)25-13-12-18(15-25)16-8-10-19(26-2)11-9-16/h3-11,18,20-21H,12-15H2,1-2H3,(H,23,24). The molecule has 0 spiro atoms. The number of guanidine groups is 1. The van der Waals surface area contributed by atoms with E-state index in [2.05, 4.69) is 69.8 Å². The van der Waals surface area contributed by atoms with Crippen molar-refractivity contribution >= 4 is 5.96 Å². The monoisotopic (exact) mass is 349 g/mol. The van der Waals surface area contributed by atoms with Crippen LogP contribution in [0, 0.1) is 0 Å². The van der Waals surface area contributed by atoms with Crippen molar-refractivity contribution in [3.05, 3.63) is 65.7 Å². The number of benzene rings is 2. The zero-order valence-corrected chi connectivity index (χ0v) is 15.6. The molecule has 4 nitrogen and oxygen atoms in total. The quantitative estimate of drug-likeness (QED) is 0.677. The number of aliphatic imine (C=N–C) groups is 1. The highest BCUT2D eigenvalue weighted by Crippen LogP contribution is 2.41. The van der Waals surface area contributed by atoms with Crippen LogP contribution >= 0.6 is 0 Å². The van der Waals surface area contributed by atoms with Crippen LogP contribution in [0.2, 0.25) is 0 Å². The van der Waals surface area contributed by atoms with Gasteiger partial charge in [-0.15, -0.1) is 0 Å². The van der Waals surface area contributed by atoms with Gasteiger partial charge in [0.1, 0.15) is 5.75 Å². The first-order valence-corrected chi connectivity index (χ1v) is 9.45. The summed E-state index contributed by atoms with van der Waals surface area (Å²) in [5.74, 6) is 3.14. The lowest BCUT2D eigenvalue weighted by atomic mass is 9.98. The SMILES string of the molecule is CN=C(NC1CC1c1ccccc1)N1CCC(c2ccc(OC)cc2)C1. The normalized spacial score (nSPS) is 25.2. The molecule has 2 fully saturated rings. The number of rotatable bonds is 4. The van der Waals surface area contributed by atoms with Gasteiger partial charge in [0.15, 0.2) is 5.96 Å². The molecule has 0 amide bonds. The molecule has 1 heterocycles. The Kier molecular flexibility index (Phi) is 4.83. The lowest BCUT2D eigenvalue weighted by Crippen LogP contribution is -2.41. The molecule has 2 aromatic carbocycles. The Hall–Kier alpha value is -2.49. The Morgan fingerprint density at radius 2 is 1.85 bits per heavy atom. The van der Waals surface area contributed by atoms with Crippen LogP contribution in [-0.2, 0) is 0 Å². The van der Waals surface area contributed by atoms with Crippen molar-refractivity contribution in [2.24, 2.45) is 4.99 Å². The number of hydrogen-bond acceptors (Lipinski definition) is 2. The number of ether oxygens (including phenoxy) is 1. The van der Waals surface area contributed by atoms with Crippen molar-refractivity contribution in [2.45, 2.75) is 30.7 Å². The molecule has 1 aliphatic heterocycles. The van der Waals surface area contributed by atoms with Crippen LogP contribution in [0.4, 0.5) is 0 Å². The van der Waals surface area contributed by atoms with Gasteiger partial charge in [-0.25, -0.2) is 0 Å². The van der Waals surface area contributed by atoms with E-state index in [1.165, 1.54) is 24.0 Å². The second kappa shape index (κ2) is 7.40. The van der Waals surface area contributed by atoms with Crippen LogP contribution in [-0.4, -0.2) is 44.1 Å². The third-order valence-corrected chi connectivity index (χ3v) is 5.62. The first-order valence-electron chi connectivity index (χ1n) is 9.45. The lowest BCUT2D eigenvalue weighted by molar-refractivity contribution is 0.414. The minimum atomic E-state index is 0.510. The van der Waals surface area contributed by atoms with E-state index in [-0.39, 0.29) is 0 Å². The van der Waals surface area contributed by atoms with Crippen molar-refractivity contribution in [1.82, 2.24) is 10.2 Å². The topological polar surface area (TPSA) is 36.9 Å². The van der Waals surface area contributed by atoms with Crippen molar-refractivity contribution in [3.8, 4) is 5.75 Å². The zero-order chi connectivity index (χ0) is 17.9. The average molecular weight is 349 g/mol. The first kappa shape index (κ1) is 17.0. The molecule has 3 atom stereocenters. The van der Waals surface area contributed by atoms with Crippen molar-refractivity contribution < 1.29 is 4.74 Å². The molecular weight excluding hydrogens is 322 g/mol. The summed E-state index contributed by atoms with van der Waals surface area (Å²) >= 11 is 0. The third kappa shape index (κ3) is 3.55. The molecule has 1 N–H and O–H groups in total. The van der Waals surface area contributed by atoms with Crippen molar-refractivity contribution in [2.75, 3.05) is 27.2 Å². The Labute approximate surface area is 155 Å². The highest BCUT2D eigenvalue weighted by atomic mass is 16.5. The summed E-state index contributed by atoms with van der Waals surface area (Å²) in [6.45, 7) is 2.08. The van der Waals surface area contributed by atoms with Crippen molar-refractivity contribution in [1.29, 1.82) is 0 Å². The summed E-state index contributed by atoms with van der Waals surface area (Å²) in [5, 5.41) is 3.68. The molecule has 136 valence electrons. The second-order valence-corrected chi connectivity index (χ2v) is 7.26. The molecule has 2 aliphatic rings. The maximum Gasteiger partial charge on any atom is 0.193 e. The van der Waals surface area contributed by atoms with E-state index >= 15 is 0 Å². The number of likely N-dealkylation sites (tertiary alicyclic amines) is 1. The van der Waals surface area contributed by atoms with E-state index in [4.69, 9.17) is 4.74 Å². The zero-order valence-electron chi connectivity index (χ0n) is 15.6. The van der Waals surface area contributed by atoms with Gasteiger partial charge >= 0.3 is 0 Å². The molecule has 0 radical (unpaired) electrons. The van der Waals surface area contributed by atoms with Crippen LogP contribution in [0.3, 0.4) is 0 Å². The molecule has 1 saturated carbocycles. The second-order valence-electron chi connectivity index (χ2n) is 7.26. The molecule has 2 aromatic rings. The van der Waals surface area contributed by atoms with Crippen molar-refractivity contribution in [3.63, 3.8) is 0 Å². The molecular formula is C22H27N3O. The summed E-state index contributed by atoms with van der Waals surface area (Å²) in [4.78, 5) is 6.94. The van der Waals surface area contributed by atoms with Gasteiger partial charge in [0.2, 0.25) is 0 Å². The Morgan fingerprint density at radius 3 is 2.54 bits per heavy atom. The van der Waals surface area contributed by atoms with Crippen LogP contribution in [0.15, 0.2) is 59.6 Å². The van der Waals surface area contributed by atoms with Crippen LogP contribution < -0.4 is 10.1 Å². The molecule has 3 unspecified atom stereocenters. The number of hydrogen-bond donors (Lipinski definition) is 1. The number of nitrogens with one attached hydrogen (secondary N) is 1. The predicted octanol–water partition coefficient (Wildman–Crippen LogP) is 3.62. The largest absolute Gasteiger partial charge is 0.497 e. The summed E-state index contributed by atoms with van der Waals surface area (Å²) < 4.78 is 5.27. The van der Waals surface area contributed by atoms with Crippen LogP contribution in [0.1, 0.15) is 35.8 Å². The van der Waals surface area contributed by atoms with E-state index in [0.717, 1.165) is 24.8 Å². The summed E-state index contributed by atoms with van der Waals surface area (Å²) in [5.41, 5.74) is 2.82. The molecule has 4 heteroatoms. The Balaban J connectivity index is 1.35. The molecule has 0 aromatic heterocycles. The predicted molar refractivity (Wildman–Crippen MR) is 106 cm³/mol. The third-order valence-electron chi connectivity index (χ3n) is 5.62.